The second-order valence-corrected chi connectivity index (χ2v) is 8.23. The van der Waals surface area contributed by atoms with E-state index < -0.39 is 0 Å². The van der Waals surface area contributed by atoms with Gasteiger partial charge in [0.05, 0.1) is 10.2 Å². The van der Waals surface area contributed by atoms with Crippen molar-refractivity contribution in [2.24, 2.45) is 0 Å². The van der Waals surface area contributed by atoms with Gasteiger partial charge in [-0.05, 0) is 31.8 Å². The highest BCUT2D eigenvalue weighted by molar-refractivity contribution is 7.22. The Morgan fingerprint density at radius 2 is 1.97 bits per heavy atom. The summed E-state index contributed by atoms with van der Waals surface area (Å²) in [5.74, 6) is 1.24. The molecule has 1 amide bonds. The third kappa shape index (κ3) is 4.37. The summed E-state index contributed by atoms with van der Waals surface area (Å²) in [5, 5.41) is 1.24. The van der Waals surface area contributed by atoms with Crippen molar-refractivity contribution in [2.45, 2.75) is 0 Å². The molecular weight excluding hydrogens is 410 g/mol. The highest BCUT2D eigenvalue weighted by Crippen LogP contribution is 2.39. The third-order valence-corrected chi connectivity index (χ3v) is 5.84. The Labute approximate surface area is 177 Å². The summed E-state index contributed by atoms with van der Waals surface area (Å²) in [7, 11) is 3.94. The van der Waals surface area contributed by atoms with Crippen LogP contribution in [0.25, 0.3) is 16.3 Å². The van der Waals surface area contributed by atoms with Crippen molar-refractivity contribution >= 4 is 50.3 Å². The normalized spacial score (nSPS) is 13.0. The number of thiazole rings is 1. The fourth-order valence-electron chi connectivity index (χ4n) is 2.88. The molecule has 1 aliphatic heterocycles. The number of hydrogen-bond donors (Lipinski definition) is 0. The van der Waals surface area contributed by atoms with Crippen LogP contribution in [0.15, 0.2) is 42.5 Å². The van der Waals surface area contributed by atoms with Crippen molar-refractivity contribution in [3.63, 3.8) is 0 Å². The molecular formula is C21H20ClN3O3S. The predicted octanol–water partition coefficient (Wildman–Crippen LogP) is 4.29. The average Bonchev–Trinajstić information content (AvgIpc) is 3.31. The Balaban J connectivity index is 1.63. The minimum absolute atomic E-state index is 0.147. The highest BCUT2D eigenvalue weighted by Gasteiger charge is 2.21. The first-order valence-electron chi connectivity index (χ1n) is 9.10. The van der Waals surface area contributed by atoms with E-state index in [9.17, 15) is 4.79 Å². The number of fused-ring (bicyclic) bond motifs is 2. The number of hydrogen-bond acceptors (Lipinski definition) is 6. The van der Waals surface area contributed by atoms with Crippen LogP contribution in [-0.2, 0) is 4.79 Å². The summed E-state index contributed by atoms with van der Waals surface area (Å²) in [4.78, 5) is 21.4. The largest absolute Gasteiger partial charge is 0.454 e. The topological polar surface area (TPSA) is 54.9 Å². The predicted molar refractivity (Wildman–Crippen MR) is 117 cm³/mol. The van der Waals surface area contributed by atoms with Crippen LogP contribution in [-0.4, -0.2) is 49.8 Å². The number of carbonyl (C=O) groups excluding carboxylic acids is 1. The van der Waals surface area contributed by atoms with E-state index in [2.05, 4.69) is 4.98 Å². The molecule has 6 nitrogen and oxygen atoms in total. The molecule has 0 atom stereocenters. The summed E-state index contributed by atoms with van der Waals surface area (Å²) in [6, 6.07) is 11.2. The Bertz CT molecular complexity index is 1040. The molecule has 0 N–H and O–H groups in total. The molecule has 2 heterocycles. The van der Waals surface area contributed by atoms with Crippen molar-refractivity contribution in [1.29, 1.82) is 0 Å². The SMILES string of the molecule is CN(C)CCN(C(=O)/C=C/c1ccccc1Cl)c1nc2cc3c(cc2s1)OCO3. The van der Waals surface area contributed by atoms with Gasteiger partial charge in [0.15, 0.2) is 16.6 Å². The maximum atomic E-state index is 13.0. The van der Waals surface area contributed by atoms with Gasteiger partial charge in [0, 0.05) is 36.3 Å². The second kappa shape index (κ2) is 8.41. The number of likely N-dealkylation sites (N-methyl/N-ethyl adjacent to an activating group) is 1. The molecule has 0 saturated heterocycles. The number of ether oxygens (including phenoxy) is 2. The van der Waals surface area contributed by atoms with E-state index in [0.29, 0.717) is 34.7 Å². The zero-order valence-electron chi connectivity index (χ0n) is 16.1. The van der Waals surface area contributed by atoms with Gasteiger partial charge in [-0.15, -0.1) is 0 Å². The van der Waals surface area contributed by atoms with Gasteiger partial charge >= 0.3 is 0 Å². The van der Waals surface area contributed by atoms with Gasteiger partial charge in [-0.3, -0.25) is 9.69 Å². The van der Waals surface area contributed by atoms with Gasteiger partial charge in [0.1, 0.15) is 0 Å². The molecule has 0 fully saturated rings. The third-order valence-electron chi connectivity index (χ3n) is 4.45. The first-order valence-corrected chi connectivity index (χ1v) is 10.3. The lowest BCUT2D eigenvalue weighted by Gasteiger charge is -2.20. The first-order chi connectivity index (χ1) is 14.0. The van der Waals surface area contributed by atoms with Crippen LogP contribution in [0.2, 0.25) is 5.02 Å². The molecule has 29 heavy (non-hydrogen) atoms. The maximum absolute atomic E-state index is 13.0. The van der Waals surface area contributed by atoms with Crippen LogP contribution < -0.4 is 14.4 Å². The molecule has 0 radical (unpaired) electrons. The minimum atomic E-state index is -0.147. The quantitative estimate of drug-likeness (QED) is 0.547. The summed E-state index contributed by atoms with van der Waals surface area (Å²) in [6.45, 7) is 1.45. The number of benzene rings is 2. The molecule has 0 aliphatic carbocycles. The van der Waals surface area contributed by atoms with Gasteiger partial charge in [-0.2, -0.15) is 0 Å². The molecule has 0 bridgehead atoms. The Hall–Kier alpha value is -2.61. The number of halogens is 1. The molecule has 0 spiro atoms. The van der Waals surface area contributed by atoms with Crippen LogP contribution in [0.3, 0.4) is 0 Å². The minimum Gasteiger partial charge on any atom is -0.454 e. The standard InChI is InChI=1S/C21H20ClN3O3S/c1-24(2)9-10-25(20(26)8-7-14-5-3-4-6-15(14)22)21-23-16-11-17-18(28-13-27-17)12-19(16)29-21/h3-8,11-12H,9-10,13H2,1-2H3/b8-7+. The molecule has 0 unspecified atom stereocenters. The maximum Gasteiger partial charge on any atom is 0.252 e. The van der Waals surface area contributed by atoms with Crippen LogP contribution in [0.1, 0.15) is 5.56 Å². The molecule has 3 aromatic rings. The summed E-state index contributed by atoms with van der Waals surface area (Å²) in [6.07, 6.45) is 3.27. The molecule has 2 aromatic carbocycles. The lowest BCUT2D eigenvalue weighted by atomic mass is 10.2. The lowest BCUT2D eigenvalue weighted by Crippen LogP contribution is -2.35. The van der Waals surface area contributed by atoms with Crippen LogP contribution in [0.4, 0.5) is 5.13 Å². The van der Waals surface area contributed by atoms with Gasteiger partial charge in [0.25, 0.3) is 5.91 Å². The Kier molecular flexibility index (Phi) is 5.71. The Morgan fingerprint density at radius 1 is 1.21 bits per heavy atom. The van der Waals surface area contributed by atoms with Gasteiger partial charge in [-0.1, -0.05) is 41.1 Å². The molecule has 1 aliphatic rings. The summed E-state index contributed by atoms with van der Waals surface area (Å²) in [5.41, 5.74) is 1.58. The van der Waals surface area contributed by atoms with Crippen molar-refractivity contribution < 1.29 is 14.3 Å². The zero-order chi connectivity index (χ0) is 20.4. The van der Waals surface area contributed by atoms with E-state index in [4.69, 9.17) is 21.1 Å². The first kappa shape index (κ1) is 19.7. The lowest BCUT2D eigenvalue weighted by molar-refractivity contribution is -0.114. The van der Waals surface area contributed by atoms with Crippen molar-refractivity contribution in [1.82, 2.24) is 9.88 Å². The fourth-order valence-corrected chi connectivity index (χ4v) is 4.09. The zero-order valence-corrected chi connectivity index (χ0v) is 17.7. The van der Waals surface area contributed by atoms with E-state index in [1.54, 1.807) is 17.0 Å². The molecule has 4 rings (SSSR count). The summed E-state index contributed by atoms with van der Waals surface area (Å²) >= 11 is 7.65. The summed E-state index contributed by atoms with van der Waals surface area (Å²) < 4.78 is 11.8. The number of anilines is 1. The second-order valence-electron chi connectivity index (χ2n) is 6.82. The number of rotatable bonds is 6. The number of carbonyl (C=O) groups is 1. The number of aromatic nitrogens is 1. The average molecular weight is 430 g/mol. The molecule has 150 valence electrons. The fraction of sp³-hybridized carbons (Fsp3) is 0.238. The molecule has 1 aromatic heterocycles. The van der Waals surface area contributed by atoms with Crippen LogP contribution in [0, 0.1) is 0 Å². The highest BCUT2D eigenvalue weighted by atomic mass is 35.5. The van der Waals surface area contributed by atoms with E-state index in [1.165, 1.54) is 17.4 Å². The van der Waals surface area contributed by atoms with Crippen molar-refractivity contribution in [3.05, 3.63) is 53.1 Å². The van der Waals surface area contributed by atoms with Crippen LogP contribution in [0.5, 0.6) is 11.5 Å². The molecule has 0 saturated carbocycles. The van der Waals surface area contributed by atoms with E-state index in [1.807, 2.05) is 49.3 Å². The van der Waals surface area contributed by atoms with Crippen molar-refractivity contribution in [2.75, 3.05) is 38.9 Å². The van der Waals surface area contributed by atoms with Gasteiger partial charge in [0.2, 0.25) is 6.79 Å². The smallest absolute Gasteiger partial charge is 0.252 e. The number of nitrogens with zero attached hydrogens (tertiary/aromatic N) is 3. The van der Waals surface area contributed by atoms with Crippen LogP contribution >= 0.6 is 22.9 Å². The molecule has 8 heteroatoms. The Morgan fingerprint density at radius 3 is 2.72 bits per heavy atom. The monoisotopic (exact) mass is 429 g/mol. The number of amides is 1. The van der Waals surface area contributed by atoms with E-state index >= 15 is 0 Å². The van der Waals surface area contributed by atoms with Gasteiger partial charge in [-0.25, -0.2) is 4.98 Å². The van der Waals surface area contributed by atoms with Gasteiger partial charge < -0.3 is 14.4 Å². The van der Waals surface area contributed by atoms with E-state index in [-0.39, 0.29) is 12.7 Å². The van der Waals surface area contributed by atoms with E-state index in [0.717, 1.165) is 15.8 Å². The van der Waals surface area contributed by atoms with Crippen molar-refractivity contribution in [3.8, 4) is 11.5 Å².